The lowest BCUT2D eigenvalue weighted by atomic mass is 10.2. The van der Waals surface area contributed by atoms with Crippen LogP contribution in [0, 0.1) is 6.92 Å². The topological polar surface area (TPSA) is 17.1 Å². The van der Waals surface area contributed by atoms with Gasteiger partial charge < -0.3 is 0 Å². The van der Waals surface area contributed by atoms with Crippen LogP contribution in [0.4, 0.5) is 13.2 Å². The van der Waals surface area contributed by atoms with Crippen LogP contribution in [0.25, 0.3) is 0 Å². The number of rotatable bonds is 1. The summed E-state index contributed by atoms with van der Waals surface area (Å²) in [6.45, 7) is 1.63. The van der Waals surface area contributed by atoms with Crippen molar-refractivity contribution in [2.45, 2.75) is 17.3 Å². The van der Waals surface area contributed by atoms with E-state index in [1.54, 1.807) is 13.0 Å². The summed E-state index contributed by atoms with van der Waals surface area (Å²) < 4.78 is 48.3. The Labute approximate surface area is 80.6 Å². The highest BCUT2D eigenvalue weighted by atomic mass is 32.2. The molecule has 1 rings (SSSR count). The molecule has 0 heterocycles. The minimum Gasteiger partial charge on any atom is -0.254 e. The quantitative estimate of drug-likeness (QED) is 0.667. The molecule has 0 aliphatic rings. The van der Waals surface area contributed by atoms with Crippen LogP contribution >= 0.6 is 0 Å². The van der Waals surface area contributed by atoms with E-state index < -0.39 is 15.0 Å². The molecular formula is C9H9F3OS. The monoisotopic (exact) mass is 222 g/mol. The van der Waals surface area contributed by atoms with Gasteiger partial charge in [-0.25, -0.2) is 0 Å². The molecular weight excluding hydrogens is 213 g/mol. The molecule has 0 saturated heterocycles. The van der Waals surface area contributed by atoms with E-state index in [1.807, 2.05) is 0 Å². The number of halogens is 3. The van der Waals surface area contributed by atoms with E-state index in [9.17, 15) is 17.4 Å². The van der Waals surface area contributed by atoms with Crippen LogP contribution in [0.3, 0.4) is 0 Å². The Kier molecular flexibility index (Phi) is 2.63. The molecule has 0 fully saturated rings. The maximum atomic E-state index is 12.3. The fourth-order valence-corrected chi connectivity index (χ4v) is 1.90. The van der Waals surface area contributed by atoms with Gasteiger partial charge in [0, 0.05) is 4.90 Å². The maximum Gasteiger partial charge on any atom is 0.467 e. The predicted molar refractivity (Wildman–Crippen MR) is 50.8 cm³/mol. The second-order valence-corrected chi connectivity index (χ2v) is 5.22. The summed E-state index contributed by atoms with van der Waals surface area (Å²) in [7, 11) is -4.20. The molecule has 0 bridgehead atoms. The molecule has 5 heteroatoms. The van der Waals surface area contributed by atoms with Crippen LogP contribution in [0.15, 0.2) is 29.2 Å². The summed E-state index contributed by atoms with van der Waals surface area (Å²) in [6.07, 6.45) is 0. The van der Waals surface area contributed by atoms with Gasteiger partial charge in [0.25, 0.3) is 0 Å². The Morgan fingerprint density at radius 1 is 1.36 bits per heavy atom. The molecule has 0 amide bonds. The van der Waals surface area contributed by atoms with Gasteiger partial charge in [0.2, 0.25) is 0 Å². The fourth-order valence-electron chi connectivity index (χ4n) is 0.954. The van der Waals surface area contributed by atoms with Gasteiger partial charge in [0.15, 0.2) is 0 Å². The van der Waals surface area contributed by atoms with Crippen molar-refractivity contribution < 1.29 is 17.4 Å². The van der Waals surface area contributed by atoms with Crippen molar-refractivity contribution in [2.75, 3.05) is 0 Å². The molecule has 0 radical (unpaired) electrons. The van der Waals surface area contributed by atoms with Gasteiger partial charge in [-0.1, -0.05) is 12.1 Å². The van der Waals surface area contributed by atoms with E-state index in [0.29, 0.717) is 5.56 Å². The Balaban J connectivity index is 3.32. The highest BCUT2D eigenvalue weighted by molar-refractivity contribution is 8.01. The van der Waals surface area contributed by atoms with Crippen LogP contribution in [0.1, 0.15) is 5.56 Å². The van der Waals surface area contributed by atoms with Crippen LogP contribution in [-0.4, -0.2) is 15.6 Å². The van der Waals surface area contributed by atoms with Gasteiger partial charge in [0.05, 0.1) is 9.52 Å². The number of benzene rings is 1. The minimum absolute atomic E-state index is 0.273. The van der Waals surface area contributed by atoms with E-state index in [0.717, 1.165) is 0 Å². The standard InChI is InChI=1S/C9H9F3OS/c1-7-4-3-5-8(6-7)14(2,13)9(10,11)12/h3-6H,2H2,1H3. The zero-order chi connectivity index (χ0) is 11.0. The average Bonchev–Trinajstić information content (AvgIpc) is 2.02. The zero-order valence-electron chi connectivity index (χ0n) is 7.47. The maximum absolute atomic E-state index is 12.3. The second kappa shape index (κ2) is 3.31. The van der Waals surface area contributed by atoms with E-state index in [1.165, 1.54) is 18.2 Å². The van der Waals surface area contributed by atoms with E-state index in [2.05, 4.69) is 5.87 Å². The van der Waals surface area contributed by atoms with E-state index >= 15 is 0 Å². The van der Waals surface area contributed by atoms with Crippen molar-refractivity contribution >= 4 is 15.4 Å². The molecule has 0 saturated carbocycles. The van der Waals surface area contributed by atoms with Gasteiger partial charge in [-0.05, 0) is 30.5 Å². The van der Waals surface area contributed by atoms with Crippen molar-refractivity contribution in [3.8, 4) is 0 Å². The van der Waals surface area contributed by atoms with Gasteiger partial charge in [0.1, 0.15) is 0 Å². The third-order valence-corrected chi connectivity index (χ3v) is 3.51. The van der Waals surface area contributed by atoms with Crippen LogP contribution < -0.4 is 0 Å². The molecule has 1 atom stereocenters. The predicted octanol–water partition coefficient (Wildman–Crippen LogP) is 2.59. The first-order valence-electron chi connectivity index (χ1n) is 3.75. The van der Waals surface area contributed by atoms with Crippen molar-refractivity contribution in [2.24, 2.45) is 0 Å². The second-order valence-electron chi connectivity index (χ2n) is 2.94. The highest BCUT2D eigenvalue weighted by Gasteiger charge is 2.40. The number of alkyl halides is 3. The Morgan fingerprint density at radius 3 is 2.36 bits per heavy atom. The molecule has 1 unspecified atom stereocenters. The molecule has 0 spiro atoms. The SMILES string of the molecule is C=S(=O)(c1cccc(C)c1)C(F)(F)F. The molecule has 0 N–H and O–H groups in total. The summed E-state index contributed by atoms with van der Waals surface area (Å²) in [6, 6.07) is 5.48. The number of hydrogen-bond acceptors (Lipinski definition) is 1. The first kappa shape index (κ1) is 11.1. The first-order valence-corrected chi connectivity index (χ1v) is 5.48. The van der Waals surface area contributed by atoms with E-state index in [-0.39, 0.29) is 4.90 Å². The van der Waals surface area contributed by atoms with Crippen LogP contribution in [0.5, 0.6) is 0 Å². The molecule has 1 nitrogen and oxygen atoms in total. The summed E-state index contributed by atoms with van der Waals surface area (Å²) in [5.74, 6) is 2.76. The van der Waals surface area contributed by atoms with Crippen LogP contribution in [0.2, 0.25) is 0 Å². The molecule has 0 aliphatic carbocycles. The minimum atomic E-state index is -4.79. The van der Waals surface area contributed by atoms with Crippen molar-refractivity contribution in [1.82, 2.24) is 0 Å². The summed E-state index contributed by atoms with van der Waals surface area (Å²) in [5, 5.41) is 0. The summed E-state index contributed by atoms with van der Waals surface area (Å²) in [5.41, 5.74) is -4.16. The third-order valence-electron chi connectivity index (χ3n) is 1.74. The average molecular weight is 222 g/mol. The van der Waals surface area contributed by atoms with Gasteiger partial charge in [-0.2, -0.15) is 13.2 Å². The molecule has 0 aromatic heterocycles. The Bertz CT molecular complexity index is 432. The number of aryl methyl sites for hydroxylation is 1. The van der Waals surface area contributed by atoms with Crippen molar-refractivity contribution in [3.05, 3.63) is 29.8 Å². The number of hydrogen-bond donors (Lipinski definition) is 0. The molecule has 1 aromatic carbocycles. The first-order chi connectivity index (χ1) is 6.25. The fraction of sp³-hybridized carbons (Fsp3) is 0.222. The summed E-state index contributed by atoms with van der Waals surface area (Å²) >= 11 is 0. The summed E-state index contributed by atoms with van der Waals surface area (Å²) in [4.78, 5) is -0.273. The Morgan fingerprint density at radius 2 is 1.93 bits per heavy atom. The largest absolute Gasteiger partial charge is 0.467 e. The van der Waals surface area contributed by atoms with Gasteiger partial charge in [-0.3, -0.25) is 4.21 Å². The smallest absolute Gasteiger partial charge is 0.254 e. The third kappa shape index (κ3) is 1.92. The lowest BCUT2D eigenvalue weighted by Gasteiger charge is -2.13. The molecule has 14 heavy (non-hydrogen) atoms. The van der Waals surface area contributed by atoms with E-state index in [4.69, 9.17) is 0 Å². The van der Waals surface area contributed by atoms with Gasteiger partial charge >= 0.3 is 5.51 Å². The van der Waals surface area contributed by atoms with Crippen LogP contribution in [-0.2, 0) is 9.52 Å². The van der Waals surface area contributed by atoms with Crippen molar-refractivity contribution in [1.29, 1.82) is 0 Å². The zero-order valence-corrected chi connectivity index (χ0v) is 8.28. The lowest BCUT2D eigenvalue weighted by molar-refractivity contribution is -0.0392. The molecule has 1 aromatic rings. The van der Waals surface area contributed by atoms with Gasteiger partial charge in [-0.15, -0.1) is 0 Å². The lowest BCUT2D eigenvalue weighted by Crippen LogP contribution is -2.22. The Hall–Kier alpha value is -0.970. The molecule has 0 aliphatic heterocycles. The molecule has 78 valence electrons. The normalized spacial score (nSPS) is 16.3. The highest BCUT2D eigenvalue weighted by Crippen LogP contribution is 2.30. The van der Waals surface area contributed by atoms with Crippen molar-refractivity contribution in [3.63, 3.8) is 0 Å².